The molecule has 1 heterocycles. The zero-order valence-electron chi connectivity index (χ0n) is 14.0. The molecule has 0 amide bonds. The Balaban J connectivity index is 1.62. The molecule has 140 valence electrons. The predicted octanol–water partition coefficient (Wildman–Crippen LogP) is 3.74. The van der Waals surface area contributed by atoms with E-state index in [1.54, 1.807) is 48.5 Å². The van der Waals surface area contributed by atoms with Crippen LogP contribution in [0.5, 0.6) is 0 Å². The molecule has 0 aliphatic carbocycles. The van der Waals surface area contributed by atoms with Gasteiger partial charge in [-0.3, -0.25) is 9.52 Å². The maximum atomic E-state index is 12.1. The largest absolute Gasteiger partial charge is 0.411 e. The molecule has 2 aromatic carbocycles. The van der Waals surface area contributed by atoms with E-state index >= 15 is 0 Å². The molecular weight excluding hydrogens is 410 g/mol. The minimum Gasteiger partial charge on any atom is -0.411 e. The van der Waals surface area contributed by atoms with Crippen LogP contribution < -0.4 is 4.72 Å². The van der Waals surface area contributed by atoms with E-state index in [2.05, 4.69) is 14.9 Å². The van der Waals surface area contributed by atoms with E-state index in [9.17, 15) is 13.2 Å². The average molecular weight is 424 g/mol. The number of nitrogens with one attached hydrogen (secondary N) is 1. The SMILES string of the molecule is CS(=O)(=O)Nc1ccc(-c2nnc(SCC(=O)c3ccc(Cl)cc3)o2)cc1. The first-order valence-electron chi connectivity index (χ1n) is 7.63. The van der Waals surface area contributed by atoms with Crippen molar-refractivity contribution in [2.75, 3.05) is 16.7 Å². The topological polar surface area (TPSA) is 102 Å². The molecule has 27 heavy (non-hydrogen) atoms. The van der Waals surface area contributed by atoms with Gasteiger partial charge in [-0.05, 0) is 48.5 Å². The molecule has 0 aliphatic heterocycles. The number of carbonyl (C=O) groups excluding carboxylic acids is 1. The number of sulfonamides is 1. The molecule has 0 spiro atoms. The highest BCUT2D eigenvalue weighted by molar-refractivity contribution is 7.99. The summed E-state index contributed by atoms with van der Waals surface area (Å²) in [5, 5.41) is 8.70. The number of carbonyl (C=O) groups is 1. The number of nitrogens with zero attached hydrogens (tertiary/aromatic N) is 2. The summed E-state index contributed by atoms with van der Waals surface area (Å²) in [6, 6.07) is 13.2. The molecule has 7 nitrogen and oxygen atoms in total. The van der Waals surface area contributed by atoms with E-state index in [1.807, 2.05) is 0 Å². The van der Waals surface area contributed by atoms with Crippen molar-refractivity contribution in [1.82, 2.24) is 10.2 Å². The summed E-state index contributed by atoms with van der Waals surface area (Å²) in [6.45, 7) is 0. The van der Waals surface area contributed by atoms with Crippen LogP contribution >= 0.6 is 23.4 Å². The molecule has 0 fully saturated rings. The second kappa shape index (κ2) is 8.12. The fourth-order valence-corrected chi connectivity index (χ4v) is 3.47. The second-order valence-electron chi connectivity index (χ2n) is 5.54. The third kappa shape index (κ3) is 5.56. The van der Waals surface area contributed by atoms with Crippen LogP contribution in [0.3, 0.4) is 0 Å². The van der Waals surface area contributed by atoms with Gasteiger partial charge < -0.3 is 4.42 Å². The van der Waals surface area contributed by atoms with Gasteiger partial charge in [0.15, 0.2) is 5.78 Å². The first-order chi connectivity index (χ1) is 12.8. The molecule has 0 bridgehead atoms. The Labute approximate surface area is 165 Å². The number of anilines is 1. The zero-order chi connectivity index (χ0) is 19.4. The van der Waals surface area contributed by atoms with E-state index in [-0.39, 0.29) is 22.6 Å². The maximum Gasteiger partial charge on any atom is 0.277 e. The van der Waals surface area contributed by atoms with Gasteiger partial charge in [0.05, 0.1) is 12.0 Å². The number of halogens is 1. The Morgan fingerprint density at radius 2 is 1.78 bits per heavy atom. The number of hydrogen-bond donors (Lipinski definition) is 1. The van der Waals surface area contributed by atoms with Crippen molar-refractivity contribution in [2.24, 2.45) is 0 Å². The number of benzene rings is 2. The van der Waals surface area contributed by atoms with Crippen LogP contribution in [0.15, 0.2) is 58.2 Å². The number of Topliss-reactive ketones (excluding diaryl/α,β-unsaturated/α-hetero) is 1. The number of aromatic nitrogens is 2. The lowest BCUT2D eigenvalue weighted by Crippen LogP contribution is -2.09. The molecule has 10 heteroatoms. The summed E-state index contributed by atoms with van der Waals surface area (Å²) in [7, 11) is -3.34. The second-order valence-corrected chi connectivity index (χ2v) is 8.65. The highest BCUT2D eigenvalue weighted by atomic mass is 35.5. The van der Waals surface area contributed by atoms with Gasteiger partial charge in [-0.25, -0.2) is 8.42 Å². The smallest absolute Gasteiger partial charge is 0.277 e. The van der Waals surface area contributed by atoms with E-state index < -0.39 is 10.0 Å². The average Bonchev–Trinajstić information content (AvgIpc) is 3.08. The van der Waals surface area contributed by atoms with Crippen LogP contribution in [-0.4, -0.2) is 36.4 Å². The van der Waals surface area contributed by atoms with Crippen LogP contribution in [0.25, 0.3) is 11.5 Å². The van der Waals surface area contributed by atoms with E-state index in [0.29, 0.717) is 21.8 Å². The summed E-state index contributed by atoms with van der Waals surface area (Å²) in [5.74, 6) is 0.357. The molecule has 0 radical (unpaired) electrons. The molecule has 0 saturated carbocycles. The summed E-state index contributed by atoms with van der Waals surface area (Å²) in [6.07, 6.45) is 1.08. The Kier molecular flexibility index (Phi) is 5.83. The van der Waals surface area contributed by atoms with E-state index in [0.717, 1.165) is 18.0 Å². The van der Waals surface area contributed by atoms with Crippen molar-refractivity contribution in [3.8, 4) is 11.5 Å². The molecule has 3 rings (SSSR count). The Hall–Kier alpha value is -2.36. The monoisotopic (exact) mass is 423 g/mol. The quantitative estimate of drug-likeness (QED) is 0.456. The van der Waals surface area contributed by atoms with Gasteiger partial charge in [-0.2, -0.15) is 0 Å². The van der Waals surface area contributed by atoms with Gasteiger partial charge in [-0.1, -0.05) is 23.4 Å². The Morgan fingerprint density at radius 1 is 1.11 bits per heavy atom. The third-order valence-corrected chi connectivity index (χ3v) is 5.01. The van der Waals surface area contributed by atoms with Gasteiger partial charge in [0.25, 0.3) is 5.22 Å². The standard InChI is InChI=1S/C17H14ClN3O4S2/c1-27(23,24)21-14-8-4-12(5-9-14)16-19-20-17(25-16)26-10-15(22)11-2-6-13(18)7-3-11/h2-9,21H,10H2,1H3. The highest BCUT2D eigenvalue weighted by Gasteiger charge is 2.13. The normalized spacial score (nSPS) is 11.3. The summed E-state index contributed by atoms with van der Waals surface area (Å²) >= 11 is 6.95. The van der Waals surface area contributed by atoms with Crippen LogP contribution in [0.1, 0.15) is 10.4 Å². The minimum atomic E-state index is -3.34. The van der Waals surface area contributed by atoms with Gasteiger partial charge in [0.2, 0.25) is 15.9 Å². The Bertz CT molecular complexity index is 1050. The fraction of sp³-hybridized carbons (Fsp3) is 0.118. The number of hydrogen-bond acceptors (Lipinski definition) is 7. The molecule has 0 saturated heterocycles. The predicted molar refractivity (Wildman–Crippen MR) is 105 cm³/mol. The fourth-order valence-electron chi connectivity index (χ4n) is 2.13. The lowest BCUT2D eigenvalue weighted by Gasteiger charge is -2.03. The van der Waals surface area contributed by atoms with Gasteiger partial charge >= 0.3 is 0 Å². The molecular formula is C17H14ClN3O4S2. The molecule has 0 aliphatic rings. The molecule has 1 aromatic heterocycles. The van der Waals surface area contributed by atoms with Crippen molar-refractivity contribution in [2.45, 2.75) is 5.22 Å². The van der Waals surface area contributed by atoms with Crippen LogP contribution in [-0.2, 0) is 10.0 Å². The number of rotatable bonds is 7. The minimum absolute atomic E-state index is 0.0763. The van der Waals surface area contributed by atoms with Crippen molar-refractivity contribution >= 4 is 44.9 Å². The van der Waals surface area contributed by atoms with Gasteiger partial charge in [-0.15, -0.1) is 10.2 Å². The first kappa shape index (κ1) is 19.4. The molecule has 0 unspecified atom stereocenters. The first-order valence-corrected chi connectivity index (χ1v) is 10.9. The van der Waals surface area contributed by atoms with Crippen LogP contribution in [0.2, 0.25) is 5.02 Å². The van der Waals surface area contributed by atoms with E-state index in [4.69, 9.17) is 16.0 Å². The molecule has 1 N–H and O–H groups in total. The van der Waals surface area contributed by atoms with Gasteiger partial charge in [0.1, 0.15) is 0 Å². The van der Waals surface area contributed by atoms with Gasteiger partial charge in [0, 0.05) is 21.8 Å². The summed E-state index contributed by atoms with van der Waals surface area (Å²) in [5.41, 5.74) is 1.63. The van der Waals surface area contributed by atoms with E-state index in [1.165, 1.54) is 0 Å². The van der Waals surface area contributed by atoms with Crippen molar-refractivity contribution in [3.63, 3.8) is 0 Å². The van der Waals surface area contributed by atoms with Crippen LogP contribution in [0.4, 0.5) is 5.69 Å². The summed E-state index contributed by atoms with van der Waals surface area (Å²) in [4.78, 5) is 12.1. The van der Waals surface area contributed by atoms with Crippen molar-refractivity contribution < 1.29 is 17.6 Å². The maximum absolute atomic E-state index is 12.1. The number of ketones is 1. The lowest BCUT2D eigenvalue weighted by molar-refractivity contribution is 0.102. The summed E-state index contributed by atoms with van der Waals surface area (Å²) < 4.78 is 30.3. The molecule has 3 aromatic rings. The zero-order valence-corrected chi connectivity index (χ0v) is 16.4. The van der Waals surface area contributed by atoms with Crippen molar-refractivity contribution in [1.29, 1.82) is 0 Å². The van der Waals surface area contributed by atoms with Crippen molar-refractivity contribution in [3.05, 3.63) is 59.1 Å². The lowest BCUT2D eigenvalue weighted by atomic mass is 10.1. The molecule has 0 atom stereocenters. The third-order valence-electron chi connectivity index (χ3n) is 3.33. The Morgan fingerprint density at radius 3 is 2.41 bits per heavy atom. The highest BCUT2D eigenvalue weighted by Crippen LogP contribution is 2.25. The van der Waals surface area contributed by atoms with Crippen LogP contribution in [0, 0.1) is 0 Å². The number of thioether (sulfide) groups is 1.